The van der Waals surface area contributed by atoms with Gasteiger partial charge < -0.3 is 10.4 Å². The third-order valence-electron chi connectivity index (χ3n) is 2.83. The molecule has 0 amide bonds. The molecule has 0 radical (unpaired) electrons. The number of piperidine rings is 1. The Balaban J connectivity index is 2.00. The molecule has 0 aromatic carbocycles. The summed E-state index contributed by atoms with van der Waals surface area (Å²) < 4.78 is 2.61. The third-order valence-corrected chi connectivity index (χ3v) is 4.07. The lowest BCUT2D eigenvalue weighted by Gasteiger charge is -2.29. The average Bonchev–Trinajstić information content (AvgIpc) is 2.58. The minimum atomic E-state index is -0.209. The first-order valence-electron chi connectivity index (χ1n) is 6.29. The molecule has 1 aliphatic rings. The van der Waals surface area contributed by atoms with Crippen molar-refractivity contribution in [2.45, 2.75) is 45.5 Å². The van der Waals surface area contributed by atoms with Crippen LogP contribution in [0.25, 0.3) is 0 Å². The zero-order chi connectivity index (χ0) is 13.1. The zero-order valence-electron chi connectivity index (χ0n) is 10.8. The van der Waals surface area contributed by atoms with Crippen LogP contribution in [0.5, 0.6) is 0 Å². The van der Waals surface area contributed by atoms with E-state index in [-0.39, 0.29) is 6.10 Å². The highest BCUT2D eigenvalue weighted by molar-refractivity contribution is 7.73. The van der Waals surface area contributed by atoms with E-state index in [0.29, 0.717) is 19.3 Å². The summed E-state index contributed by atoms with van der Waals surface area (Å²) in [6.07, 6.45) is 1.73. The number of aliphatic hydroxyl groups excluding tert-OH is 1. The largest absolute Gasteiger partial charge is 0.392 e. The van der Waals surface area contributed by atoms with Gasteiger partial charge in [-0.2, -0.15) is 0 Å². The number of nitrogens with zero attached hydrogens (tertiary/aromatic N) is 3. The van der Waals surface area contributed by atoms with Gasteiger partial charge in [0.25, 0.3) is 0 Å². The van der Waals surface area contributed by atoms with Crippen LogP contribution < -0.4 is 5.32 Å². The highest BCUT2D eigenvalue weighted by Crippen LogP contribution is 2.17. The first-order valence-corrected chi connectivity index (χ1v) is 7.52. The molecule has 1 aromatic heterocycles. The van der Waals surface area contributed by atoms with E-state index < -0.39 is 0 Å². The van der Waals surface area contributed by atoms with Gasteiger partial charge in [-0.25, -0.2) is 4.68 Å². The van der Waals surface area contributed by atoms with Crippen LogP contribution in [-0.4, -0.2) is 45.0 Å². The summed E-state index contributed by atoms with van der Waals surface area (Å²) in [6.45, 7) is 6.55. The molecule has 7 heteroatoms. The molecule has 1 fully saturated rings. The third kappa shape index (κ3) is 3.74. The van der Waals surface area contributed by atoms with Gasteiger partial charge in [0.1, 0.15) is 0 Å². The van der Waals surface area contributed by atoms with Crippen LogP contribution in [-0.2, 0) is 6.67 Å². The number of aromatic nitrogens is 2. The van der Waals surface area contributed by atoms with Crippen molar-refractivity contribution in [2.24, 2.45) is 0 Å². The van der Waals surface area contributed by atoms with Crippen molar-refractivity contribution >= 4 is 28.7 Å². The van der Waals surface area contributed by atoms with Crippen LogP contribution in [0.1, 0.15) is 26.7 Å². The van der Waals surface area contributed by atoms with Crippen molar-refractivity contribution in [1.29, 1.82) is 0 Å². The number of nitrogens with one attached hydrogen (secondary N) is 1. The maximum Gasteiger partial charge on any atom is 0.204 e. The quantitative estimate of drug-likeness (QED) is 0.829. The first kappa shape index (κ1) is 13.9. The Morgan fingerprint density at radius 2 is 2.39 bits per heavy atom. The smallest absolute Gasteiger partial charge is 0.204 e. The molecule has 0 saturated carbocycles. The molecule has 1 aromatic rings. The van der Waals surface area contributed by atoms with E-state index in [1.54, 1.807) is 0 Å². The fourth-order valence-electron chi connectivity index (χ4n) is 2.05. The molecule has 0 bridgehead atoms. The van der Waals surface area contributed by atoms with Gasteiger partial charge in [0.15, 0.2) is 3.95 Å². The van der Waals surface area contributed by atoms with E-state index in [1.807, 2.05) is 4.68 Å². The zero-order valence-corrected chi connectivity index (χ0v) is 12.4. The van der Waals surface area contributed by atoms with E-state index in [1.165, 1.54) is 11.3 Å². The van der Waals surface area contributed by atoms with E-state index >= 15 is 0 Å². The second kappa shape index (κ2) is 6.10. The van der Waals surface area contributed by atoms with E-state index in [0.717, 1.165) is 28.5 Å². The Morgan fingerprint density at radius 1 is 1.61 bits per heavy atom. The second-order valence-electron chi connectivity index (χ2n) is 4.99. The number of β-amino-alcohol motifs (C(OH)–C–C–N with tert-alkyl or cyclic N) is 1. The number of anilines is 1. The molecule has 1 aliphatic heterocycles. The summed E-state index contributed by atoms with van der Waals surface area (Å²) in [5.41, 5.74) is 0. The molecule has 102 valence electrons. The van der Waals surface area contributed by atoms with Crippen LogP contribution >= 0.6 is 23.6 Å². The van der Waals surface area contributed by atoms with Crippen LogP contribution in [0, 0.1) is 3.95 Å². The van der Waals surface area contributed by atoms with Gasteiger partial charge in [0, 0.05) is 19.1 Å². The Kier molecular flexibility index (Phi) is 4.71. The maximum absolute atomic E-state index is 9.64. The molecule has 2 heterocycles. The molecule has 5 nitrogen and oxygen atoms in total. The van der Waals surface area contributed by atoms with Crippen molar-refractivity contribution in [3.8, 4) is 0 Å². The number of likely N-dealkylation sites (tertiary alicyclic amines) is 1. The van der Waals surface area contributed by atoms with E-state index in [9.17, 15) is 5.11 Å². The molecular formula is C11H20N4OS2. The number of rotatable bonds is 4. The minimum absolute atomic E-state index is 0.209. The summed E-state index contributed by atoms with van der Waals surface area (Å²) in [6, 6.07) is 0.357. The minimum Gasteiger partial charge on any atom is -0.392 e. The molecule has 0 unspecified atom stereocenters. The van der Waals surface area contributed by atoms with Gasteiger partial charge in [0.05, 0.1) is 12.8 Å². The Labute approximate surface area is 116 Å². The van der Waals surface area contributed by atoms with Crippen molar-refractivity contribution in [3.63, 3.8) is 0 Å². The van der Waals surface area contributed by atoms with Gasteiger partial charge in [-0.15, -0.1) is 5.10 Å². The lowest BCUT2D eigenvalue weighted by molar-refractivity contribution is 0.0516. The average molecular weight is 288 g/mol. The summed E-state index contributed by atoms with van der Waals surface area (Å²) in [4.78, 5) is 2.20. The Morgan fingerprint density at radius 3 is 3.06 bits per heavy atom. The lowest BCUT2D eigenvalue weighted by atomic mass is 10.1. The lowest BCUT2D eigenvalue weighted by Crippen LogP contribution is -2.39. The molecule has 2 N–H and O–H groups in total. The predicted molar refractivity (Wildman–Crippen MR) is 76.5 cm³/mol. The topological polar surface area (TPSA) is 53.3 Å². The molecule has 2 rings (SSSR count). The summed E-state index contributed by atoms with van der Waals surface area (Å²) in [5, 5.41) is 18.2. The highest BCUT2D eigenvalue weighted by Gasteiger charge is 2.18. The predicted octanol–water partition coefficient (Wildman–Crippen LogP) is 1.91. The van der Waals surface area contributed by atoms with Crippen molar-refractivity contribution in [2.75, 3.05) is 18.4 Å². The number of hydrogen-bond donors (Lipinski definition) is 2. The second-order valence-corrected chi connectivity index (χ2v) is 6.61. The maximum atomic E-state index is 9.64. The van der Waals surface area contributed by atoms with Gasteiger partial charge in [0.2, 0.25) is 5.13 Å². The number of aliphatic hydroxyl groups is 1. The monoisotopic (exact) mass is 288 g/mol. The first-order chi connectivity index (χ1) is 8.54. The van der Waals surface area contributed by atoms with Crippen molar-refractivity contribution in [1.82, 2.24) is 14.7 Å². The van der Waals surface area contributed by atoms with Crippen LogP contribution in [0.4, 0.5) is 5.13 Å². The van der Waals surface area contributed by atoms with E-state index in [4.69, 9.17) is 12.2 Å². The van der Waals surface area contributed by atoms with Crippen LogP contribution in [0.15, 0.2) is 0 Å². The fraction of sp³-hybridized carbons (Fsp3) is 0.818. The molecule has 18 heavy (non-hydrogen) atoms. The molecule has 0 aliphatic carbocycles. The van der Waals surface area contributed by atoms with E-state index in [2.05, 4.69) is 29.2 Å². The van der Waals surface area contributed by atoms with Crippen LogP contribution in [0.3, 0.4) is 0 Å². The van der Waals surface area contributed by atoms with Gasteiger partial charge in [-0.1, -0.05) is 11.3 Å². The van der Waals surface area contributed by atoms with Gasteiger partial charge in [-0.3, -0.25) is 4.90 Å². The van der Waals surface area contributed by atoms with Crippen LogP contribution in [0.2, 0.25) is 0 Å². The SMILES string of the molecule is CC(C)Nc1nn(CN2CCC[C@@H](O)C2)c(=S)s1. The summed E-state index contributed by atoms with van der Waals surface area (Å²) >= 11 is 6.81. The van der Waals surface area contributed by atoms with Crippen molar-refractivity contribution < 1.29 is 5.11 Å². The van der Waals surface area contributed by atoms with Gasteiger partial charge in [-0.05, 0) is 38.9 Å². The Hall–Kier alpha value is -0.500. The van der Waals surface area contributed by atoms with Crippen molar-refractivity contribution in [3.05, 3.63) is 3.95 Å². The van der Waals surface area contributed by atoms with Gasteiger partial charge >= 0.3 is 0 Å². The summed E-state index contributed by atoms with van der Waals surface area (Å²) in [7, 11) is 0. The summed E-state index contributed by atoms with van der Waals surface area (Å²) in [5.74, 6) is 0. The molecule has 1 saturated heterocycles. The molecule has 0 spiro atoms. The standard InChI is InChI=1S/C11H20N4OS2/c1-8(2)12-10-13-15(11(17)18-10)7-14-5-3-4-9(16)6-14/h8-9,16H,3-7H2,1-2H3,(H,12,13)/t9-/m1/s1. The molecular weight excluding hydrogens is 268 g/mol. The highest BCUT2D eigenvalue weighted by atomic mass is 32.1. The Bertz CT molecular complexity index is 442. The molecule has 1 atom stereocenters. The number of hydrogen-bond acceptors (Lipinski definition) is 6. The normalized spacial score (nSPS) is 21.4. The fourth-order valence-corrected chi connectivity index (χ4v) is 3.19.